The van der Waals surface area contributed by atoms with Crippen LogP contribution in [-0.2, 0) is 9.47 Å². The Balaban J connectivity index is 3.38. The fourth-order valence-corrected chi connectivity index (χ4v) is 1.26. The van der Waals surface area contributed by atoms with Crippen molar-refractivity contribution in [2.24, 2.45) is 0 Å². The maximum absolute atomic E-state index is 13.2. The lowest BCUT2D eigenvalue weighted by atomic mass is 10.3. The van der Waals surface area contributed by atoms with Crippen molar-refractivity contribution < 1.29 is 66.5 Å². The number of hydrogen-bond donors (Lipinski definition) is 0. The number of alkyl halides is 11. The Morgan fingerprint density at radius 3 is 1.54 bits per heavy atom. The monoisotopic (exact) mass is 391 g/mol. The predicted molar refractivity (Wildman–Crippen MR) is 44.0 cm³/mol. The summed E-state index contributed by atoms with van der Waals surface area (Å²) in [5.74, 6) is -3.93. The van der Waals surface area contributed by atoms with E-state index in [4.69, 9.17) is 0 Å². The highest BCUT2D eigenvalue weighted by molar-refractivity contribution is 5.06. The van der Waals surface area contributed by atoms with Gasteiger partial charge in [-0.15, -0.1) is 0 Å². The molecule has 0 amide bonds. The number of nitrogens with zero attached hydrogens (tertiary/aromatic N) is 1. The molecule has 0 radical (unpaired) electrons. The van der Waals surface area contributed by atoms with Crippen molar-refractivity contribution in [3.05, 3.63) is 12.0 Å². The van der Waals surface area contributed by atoms with E-state index >= 15 is 0 Å². The maximum atomic E-state index is 13.2. The lowest BCUT2D eigenvalue weighted by Gasteiger charge is -2.46. The van der Waals surface area contributed by atoms with E-state index in [1.165, 1.54) is 0 Å². The standard InChI is InChI=1S/C8H2F13NO2/c9-2(3(10)23-1-4(11,12)13)22-5(14,15)7(18,19)24-8(20,21)6(22,16)17/h1H2/b3-2-. The summed E-state index contributed by atoms with van der Waals surface area (Å²) in [6, 6.07) is -16.8. The Hall–Kier alpha value is -1.61. The van der Waals surface area contributed by atoms with Crippen LogP contribution in [0.15, 0.2) is 12.0 Å². The molecular weight excluding hydrogens is 389 g/mol. The first kappa shape index (κ1) is 20.4. The highest BCUT2D eigenvalue weighted by Gasteiger charge is 2.84. The minimum absolute atomic E-state index is 1.93. The second-order valence-electron chi connectivity index (χ2n) is 4.02. The molecule has 0 saturated carbocycles. The van der Waals surface area contributed by atoms with E-state index in [-0.39, 0.29) is 0 Å². The van der Waals surface area contributed by atoms with Crippen LogP contribution < -0.4 is 0 Å². The molecule has 1 aliphatic heterocycles. The van der Waals surface area contributed by atoms with Gasteiger partial charge in [0.15, 0.2) is 6.61 Å². The van der Waals surface area contributed by atoms with Gasteiger partial charge in [-0.25, -0.2) is 9.64 Å². The molecule has 0 aromatic carbocycles. The van der Waals surface area contributed by atoms with Gasteiger partial charge in [-0.05, 0) is 0 Å². The molecule has 1 saturated heterocycles. The first-order chi connectivity index (χ1) is 10.4. The number of halogens is 13. The second kappa shape index (κ2) is 5.45. The first-order valence-corrected chi connectivity index (χ1v) is 5.13. The summed E-state index contributed by atoms with van der Waals surface area (Å²) in [4.78, 5) is -3.06. The van der Waals surface area contributed by atoms with E-state index in [1.54, 1.807) is 0 Å². The fourth-order valence-electron chi connectivity index (χ4n) is 1.26. The molecule has 0 spiro atoms. The molecule has 0 bridgehead atoms. The maximum Gasteiger partial charge on any atom is 0.445 e. The molecule has 24 heavy (non-hydrogen) atoms. The Bertz CT molecular complexity index is 499. The van der Waals surface area contributed by atoms with Crippen LogP contribution in [0, 0.1) is 0 Å². The van der Waals surface area contributed by atoms with E-state index in [9.17, 15) is 57.1 Å². The Kier molecular flexibility index (Phi) is 4.64. The molecule has 0 aromatic heterocycles. The minimum atomic E-state index is -6.62. The average Bonchev–Trinajstić information content (AvgIpc) is 2.31. The van der Waals surface area contributed by atoms with Crippen LogP contribution in [0.1, 0.15) is 0 Å². The number of morpholine rings is 1. The average molecular weight is 391 g/mol. The van der Waals surface area contributed by atoms with E-state index in [2.05, 4.69) is 4.74 Å². The summed E-state index contributed by atoms with van der Waals surface area (Å²) in [6.07, 6.45) is -18.4. The molecule has 1 fully saturated rings. The molecule has 1 aliphatic rings. The third-order valence-electron chi connectivity index (χ3n) is 2.24. The first-order valence-electron chi connectivity index (χ1n) is 5.13. The molecule has 1 rings (SSSR count). The van der Waals surface area contributed by atoms with Crippen molar-refractivity contribution in [3.63, 3.8) is 0 Å². The molecule has 0 unspecified atom stereocenters. The van der Waals surface area contributed by atoms with Gasteiger partial charge in [0, 0.05) is 0 Å². The molecule has 0 aromatic rings. The highest BCUT2D eigenvalue weighted by atomic mass is 19.4. The van der Waals surface area contributed by atoms with E-state index in [1.807, 2.05) is 4.74 Å². The lowest BCUT2D eigenvalue weighted by Crippen LogP contribution is -2.73. The summed E-state index contributed by atoms with van der Waals surface area (Å²) in [7, 11) is 0. The molecule has 142 valence electrons. The quantitative estimate of drug-likeness (QED) is 0.406. The van der Waals surface area contributed by atoms with Crippen molar-refractivity contribution >= 4 is 0 Å². The van der Waals surface area contributed by atoms with Gasteiger partial charge in [-0.3, -0.25) is 0 Å². The van der Waals surface area contributed by atoms with Gasteiger partial charge in [-0.1, -0.05) is 0 Å². The summed E-state index contributed by atoms with van der Waals surface area (Å²) >= 11 is 0. The Morgan fingerprint density at radius 2 is 1.21 bits per heavy atom. The number of ether oxygens (including phenoxy) is 2. The van der Waals surface area contributed by atoms with Crippen LogP contribution in [-0.4, -0.2) is 42.0 Å². The largest absolute Gasteiger partial charge is 0.458 e. The van der Waals surface area contributed by atoms with Crippen LogP contribution in [0.4, 0.5) is 57.1 Å². The summed E-state index contributed by atoms with van der Waals surface area (Å²) in [5, 5.41) is 0. The van der Waals surface area contributed by atoms with Gasteiger partial charge < -0.3 is 4.74 Å². The molecule has 0 aliphatic carbocycles. The van der Waals surface area contributed by atoms with Crippen molar-refractivity contribution in [3.8, 4) is 0 Å². The second-order valence-corrected chi connectivity index (χ2v) is 4.02. The summed E-state index contributed by atoms with van der Waals surface area (Å²) in [6.45, 7) is -2.76. The van der Waals surface area contributed by atoms with E-state index in [0.717, 1.165) is 0 Å². The smallest absolute Gasteiger partial charge is 0.445 e. The van der Waals surface area contributed by atoms with Gasteiger partial charge in [-0.2, -0.15) is 57.1 Å². The molecule has 16 heteroatoms. The van der Waals surface area contributed by atoms with Crippen LogP contribution in [0.2, 0.25) is 0 Å². The minimum Gasteiger partial charge on any atom is -0.458 e. The van der Waals surface area contributed by atoms with E-state index < -0.39 is 54.0 Å². The predicted octanol–water partition coefficient (Wildman–Crippen LogP) is 4.33. The van der Waals surface area contributed by atoms with Gasteiger partial charge in [0.2, 0.25) is 0 Å². The third-order valence-corrected chi connectivity index (χ3v) is 2.24. The van der Waals surface area contributed by atoms with Crippen LogP contribution in [0.5, 0.6) is 0 Å². The van der Waals surface area contributed by atoms with Crippen molar-refractivity contribution in [2.75, 3.05) is 6.61 Å². The Morgan fingerprint density at radius 1 is 0.833 bits per heavy atom. The van der Waals surface area contributed by atoms with Gasteiger partial charge >= 0.3 is 36.5 Å². The number of rotatable bonds is 3. The molecule has 1 heterocycles. The fraction of sp³-hybridized carbons (Fsp3) is 0.750. The Labute approximate surface area is 122 Å². The lowest BCUT2D eigenvalue weighted by molar-refractivity contribution is -0.559. The van der Waals surface area contributed by atoms with Gasteiger partial charge in [0.1, 0.15) is 0 Å². The van der Waals surface area contributed by atoms with Gasteiger partial charge in [0.05, 0.1) is 0 Å². The zero-order valence-corrected chi connectivity index (χ0v) is 10.4. The molecular formula is C8H2F13NO2. The van der Waals surface area contributed by atoms with Crippen LogP contribution in [0.25, 0.3) is 0 Å². The third kappa shape index (κ3) is 3.27. The highest BCUT2D eigenvalue weighted by Crippen LogP contribution is 2.57. The van der Waals surface area contributed by atoms with Crippen LogP contribution in [0.3, 0.4) is 0 Å². The van der Waals surface area contributed by atoms with Crippen molar-refractivity contribution in [1.82, 2.24) is 4.90 Å². The van der Waals surface area contributed by atoms with Crippen LogP contribution >= 0.6 is 0 Å². The SMILES string of the molecule is F/C(OCC(F)(F)F)=C(\F)N1C(F)(F)C(F)(F)OC(F)(F)C1(F)F. The normalized spacial score (nSPS) is 26.0. The van der Waals surface area contributed by atoms with E-state index in [0.29, 0.717) is 0 Å². The zero-order chi connectivity index (χ0) is 19.4. The molecule has 0 N–H and O–H groups in total. The zero-order valence-electron chi connectivity index (χ0n) is 10.4. The van der Waals surface area contributed by atoms with Crippen molar-refractivity contribution in [1.29, 1.82) is 0 Å². The molecule has 0 atom stereocenters. The number of hydrogen-bond acceptors (Lipinski definition) is 3. The molecule has 3 nitrogen and oxygen atoms in total. The summed E-state index contributed by atoms with van der Waals surface area (Å²) in [5.41, 5.74) is 0. The van der Waals surface area contributed by atoms with Crippen molar-refractivity contribution in [2.45, 2.75) is 30.5 Å². The van der Waals surface area contributed by atoms with Gasteiger partial charge in [0.25, 0.3) is 5.95 Å². The summed E-state index contributed by atoms with van der Waals surface area (Å²) < 4.78 is 169. The topological polar surface area (TPSA) is 21.7 Å².